The predicted octanol–water partition coefficient (Wildman–Crippen LogP) is 0.479. The lowest BCUT2D eigenvalue weighted by atomic mass is 10.1. The fraction of sp³-hybridized carbons (Fsp3) is 0.364. The molecule has 0 amide bonds. The highest BCUT2D eigenvalue weighted by molar-refractivity contribution is 7.89. The fourth-order valence-electron chi connectivity index (χ4n) is 1.36. The number of aliphatic hydroxyl groups excluding tert-OH is 1. The van der Waals surface area contributed by atoms with Crippen LogP contribution in [0.4, 0.5) is 0 Å². The van der Waals surface area contributed by atoms with E-state index in [1.54, 1.807) is 6.92 Å². The van der Waals surface area contributed by atoms with E-state index in [2.05, 4.69) is 0 Å². The zero-order chi connectivity index (χ0) is 13.1. The van der Waals surface area contributed by atoms with Crippen LogP contribution in [0.3, 0.4) is 0 Å². The van der Waals surface area contributed by atoms with Crippen molar-refractivity contribution in [3.05, 3.63) is 29.3 Å². The first-order valence-electron chi connectivity index (χ1n) is 5.01. The van der Waals surface area contributed by atoms with E-state index in [0.717, 1.165) is 4.31 Å². The summed E-state index contributed by atoms with van der Waals surface area (Å²) in [6, 6.07) is 6.32. The summed E-state index contributed by atoms with van der Waals surface area (Å²) >= 11 is 0. The molecule has 0 aliphatic carbocycles. The molecule has 0 fully saturated rings. The Morgan fingerprint density at radius 1 is 1.47 bits per heavy atom. The average molecular weight is 254 g/mol. The normalized spacial score (nSPS) is 11.5. The van der Waals surface area contributed by atoms with E-state index in [0.29, 0.717) is 11.1 Å². The van der Waals surface area contributed by atoms with Gasteiger partial charge in [-0.25, -0.2) is 8.42 Å². The van der Waals surface area contributed by atoms with E-state index in [4.69, 9.17) is 10.4 Å². The van der Waals surface area contributed by atoms with Gasteiger partial charge in [0.1, 0.15) is 0 Å². The van der Waals surface area contributed by atoms with Crippen LogP contribution in [-0.2, 0) is 10.0 Å². The SMILES string of the molecule is Cc1cc(S(=O)(=O)N(C)CCO)ccc1C#N. The Kier molecular flexibility index (Phi) is 4.23. The van der Waals surface area contributed by atoms with Gasteiger partial charge in [0.05, 0.1) is 23.1 Å². The van der Waals surface area contributed by atoms with Crippen molar-refractivity contribution in [1.29, 1.82) is 5.26 Å². The highest BCUT2D eigenvalue weighted by Crippen LogP contribution is 2.17. The number of hydrogen-bond donors (Lipinski definition) is 1. The number of likely N-dealkylation sites (N-methyl/N-ethyl adjacent to an activating group) is 1. The summed E-state index contributed by atoms with van der Waals surface area (Å²) in [5.41, 5.74) is 1.07. The molecule has 0 radical (unpaired) electrons. The number of aliphatic hydroxyl groups is 1. The molecule has 0 atom stereocenters. The molecule has 0 bridgehead atoms. The standard InChI is InChI=1S/C11H14N2O3S/c1-9-7-11(4-3-10(9)8-12)17(15,16)13(2)5-6-14/h3-4,7,14H,5-6H2,1-2H3. The summed E-state index contributed by atoms with van der Waals surface area (Å²) in [6.45, 7) is 1.50. The van der Waals surface area contributed by atoms with Gasteiger partial charge < -0.3 is 5.11 Å². The van der Waals surface area contributed by atoms with Crippen LogP contribution in [0.1, 0.15) is 11.1 Å². The maximum Gasteiger partial charge on any atom is 0.242 e. The number of aryl methyl sites for hydroxylation is 1. The quantitative estimate of drug-likeness (QED) is 0.847. The van der Waals surface area contributed by atoms with Crippen LogP contribution in [-0.4, -0.2) is 38.0 Å². The number of nitrogens with zero attached hydrogens (tertiary/aromatic N) is 2. The Labute approximate surface area is 101 Å². The number of sulfonamides is 1. The van der Waals surface area contributed by atoms with Crippen molar-refractivity contribution in [1.82, 2.24) is 4.31 Å². The Hall–Kier alpha value is -1.42. The smallest absolute Gasteiger partial charge is 0.242 e. The maximum atomic E-state index is 12.0. The molecule has 0 unspecified atom stereocenters. The summed E-state index contributed by atoms with van der Waals surface area (Å²) < 4.78 is 25.1. The summed E-state index contributed by atoms with van der Waals surface area (Å²) in [6.07, 6.45) is 0. The summed E-state index contributed by atoms with van der Waals surface area (Å²) in [4.78, 5) is 0.130. The van der Waals surface area contributed by atoms with E-state index >= 15 is 0 Å². The van der Waals surface area contributed by atoms with Crippen molar-refractivity contribution in [2.24, 2.45) is 0 Å². The van der Waals surface area contributed by atoms with Crippen molar-refractivity contribution >= 4 is 10.0 Å². The van der Waals surface area contributed by atoms with Gasteiger partial charge >= 0.3 is 0 Å². The van der Waals surface area contributed by atoms with E-state index in [9.17, 15) is 8.42 Å². The average Bonchev–Trinajstić information content (AvgIpc) is 2.29. The molecule has 0 aliphatic rings. The first kappa shape index (κ1) is 13.6. The van der Waals surface area contributed by atoms with Gasteiger partial charge in [0, 0.05) is 13.6 Å². The maximum absolute atomic E-state index is 12.0. The Balaban J connectivity index is 3.18. The summed E-state index contributed by atoms with van der Waals surface area (Å²) in [5, 5.41) is 17.5. The largest absolute Gasteiger partial charge is 0.395 e. The zero-order valence-corrected chi connectivity index (χ0v) is 10.5. The van der Waals surface area contributed by atoms with Gasteiger partial charge in [-0.2, -0.15) is 9.57 Å². The molecule has 1 N–H and O–H groups in total. The first-order valence-corrected chi connectivity index (χ1v) is 6.45. The van der Waals surface area contributed by atoms with Crippen LogP contribution in [0.25, 0.3) is 0 Å². The second-order valence-electron chi connectivity index (χ2n) is 3.64. The van der Waals surface area contributed by atoms with Crippen molar-refractivity contribution in [2.75, 3.05) is 20.2 Å². The van der Waals surface area contributed by atoms with E-state index in [1.165, 1.54) is 25.2 Å². The molecular formula is C11H14N2O3S. The highest BCUT2D eigenvalue weighted by Gasteiger charge is 2.20. The summed E-state index contributed by atoms with van der Waals surface area (Å²) in [7, 11) is -2.18. The van der Waals surface area contributed by atoms with Crippen LogP contribution in [0.2, 0.25) is 0 Å². The summed E-state index contributed by atoms with van der Waals surface area (Å²) in [5.74, 6) is 0. The number of rotatable bonds is 4. The monoisotopic (exact) mass is 254 g/mol. The Morgan fingerprint density at radius 2 is 2.12 bits per heavy atom. The van der Waals surface area contributed by atoms with E-state index in [-0.39, 0.29) is 18.0 Å². The van der Waals surface area contributed by atoms with Crippen LogP contribution < -0.4 is 0 Å². The topological polar surface area (TPSA) is 81.4 Å². The van der Waals surface area contributed by atoms with Crippen LogP contribution in [0.5, 0.6) is 0 Å². The first-order chi connectivity index (χ1) is 7.93. The minimum atomic E-state index is -3.58. The molecule has 0 spiro atoms. The number of hydrogen-bond acceptors (Lipinski definition) is 4. The third kappa shape index (κ3) is 2.82. The lowest BCUT2D eigenvalue weighted by molar-refractivity contribution is 0.266. The molecule has 92 valence electrons. The molecule has 0 saturated carbocycles. The zero-order valence-electron chi connectivity index (χ0n) is 9.71. The molecule has 1 rings (SSSR count). The van der Waals surface area contributed by atoms with Crippen molar-refractivity contribution in [3.8, 4) is 6.07 Å². The van der Waals surface area contributed by atoms with Crippen LogP contribution >= 0.6 is 0 Å². The fourth-order valence-corrected chi connectivity index (χ4v) is 2.61. The molecule has 0 heterocycles. The molecule has 17 heavy (non-hydrogen) atoms. The minimum absolute atomic E-state index is 0.0430. The molecular weight excluding hydrogens is 240 g/mol. The molecule has 6 heteroatoms. The van der Waals surface area contributed by atoms with E-state index in [1.807, 2.05) is 6.07 Å². The van der Waals surface area contributed by atoms with Gasteiger partial charge in [0.2, 0.25) is 10.0 Å². The lowest BCUT2D eigenvalue weighted by Gasteiger charge is -2.16. The van der Waals surface area contributed by atoms with Gasteiger partial charge in [-0.15, -0.1) is 0 Å². The van der Waals surface area contributed by atoms with Gasteiger partial charge in [0.25, 0.3) is 0 Å². The second-order valence-corrected chi connectivity index (χ2v) is 5.68. The highest BCUT2D eigenvalue weighted by atomic mass is 32.2. The molecule has 0 aromatic heterocycles. The molecule has 5 nitrogen and oxygen atoms in total. The third-order valence-corrected chi connectivity index (χ3v) is 4.29. The van der Waals surface area contributed by atoms with Crippen LogP contribution in [0.15, 0.2) is 23.1 Å². The lowest BCUT2D eigenvalue weighted by Crippen LogP contribution is -2.29. The Bertz CT molecular complexity index is 546. The van der Waals surface area contributed by atoms with Crippen molar-refractivity contribution < 1.29 is 13.5 Å². The van der Waals surface area contributed by atoms with Gasteiger partial charge in [-0.1, -0.05) is 0 Å². The molecule has 1 aromatic rings. The number of nitriles is 1. The van der Waals surface area contributed by atoms with Gasteiger partial charge in [0.15, 0.2) is 0 Å². The third-order valence-electron chi connectivity index (χ3n) is 2.44. The van der Waals surface area contributed by atoms with Gasteiger partial charge in [-0.05, 0) is 30.7 Å². The van der Waals surface area contributed by atoms with E-state index < -0.39 is 10.0 Å². The Morgan fingerprint density at radius 3 is 2.59 bits per heavy atom. The number of benzene rings is 1. The van der Waals surface area contributed by atoms with Crippen molar-refractivity contribution in [3.63, 3.8) is 0 Å². The second kappa shape index (κ2) is 5.27. The van der Waals surface area contributed by atoms with Crippen molar-refractivity contribution in [2.45, 2.75) is 11.8 Å². The molecule has 1 aromatic carbocycles. The van der Waals surface area contributed by atoms with Crippen LogP contribution in [0, 0.1) is 18.3 Å². The molecule has 0 saturated heterocycles. The van der Waals surface area contributed by atoms with Gasteiger partial charge in [-0.3, -0.25) is 0 Å². The predicted molar refractivity (Wildman–Crippen MR) is 62.8 cm³/mol. The molecule has 0 aliphatic heterocycles. The minimum Gasteiger partial charge on any atom is -0.395 e.